The van der Waals surface area contributed by atoms with Crippen molar-refractivity contribution in [2.75, 3.05) is 19.7 Å². The Kier molecular flexibility index (Phi) is 6.52. The number of esters is 1. The maximum Gasteiger partial charge on any atom is 0.323 e. The zero-order valence-corrected chi connectivity index (χ0v) is 11.2. The summed E-state index contributed by atoms with van der Waals surface area (Å²) in [6.45, 7) is 6.18. The van der Waals surface area contributed by atoms with Crippen LogP contribution < -0.4 is 5.73 Å². The van der Waals surface area contributed by atoms with E-state index in [2.05, 4.69) is 11.8 Å². The lowest BCUT2D eigenvalue weighted by Crippen LogP contribution is -2.51. The minimum atomic E-state index is -0.0531. The van der Waals surface area contributed by atoms with E-state index in [0.29, 0.717) is 19.2 Å². The van der Waals surface area contributed by atoms with E-state index in [4.69, 9.17) is 10.5 Å². The number of hydrogen-bond acceptors (Lipinski definition) is 4. The molecule has 2 N–H and O–H groups in total. The lowest BCUT2D eigenvalue weighted by molar-refractivity contribution is -0.152. The monoisotopic (exact) mass is 242 g/mol. The highest BCUT2D eigenvalue weighted by molar-refractivity contribution is 5.75. The third kappa shape index (κ3) is 3.96. The maximum absolute atomic E-state index is 11.9. The van der Waals surface area contributed by atoms with Crippen LogP contribution >= 0.6 is 0 Å². The molecule has 17 heavy (non-hydrogen) atoms. The molecule has 2 atom stereocenters. The van der Waals surface area contributed by atoms with Crippen molar-refractivity contribution in [1.82, 2.24) is 4.90 Å². The van der Waals surface area contributed by atoms with Gasteiger partial charge in [-0.1, -0.05) is 13.3 Å². The molecule has 2 unspecified atom stereocenters. The van der Waals surface area contributed by atoms with E-state index in [-0.39, 0.29) is 12.0 Å². The molecule has 0 saturated carbocycles. The average Bonchev–Trinajstić information content (AvgIpc) is 2.36. The molecule has 0 aromatic rings. The maximum atomic E-state index is 11.9. The third-order valence-electron chi connectivity index (χ3n) is 3.54. The number of likely N-dealkylation sites (tertiary alicyclic amines) is 1. The van der Waals surface area contributed by atoms with Gasteiger partial charge in [-0.3, -0.25) is 9.69 Å². The van der Waals surface area contributed by atoms with Gasteiger partial charge in [-0.25, -0.2) is 0 Å². The molecule has 1 aliphatic heterocycles. The van der Waals surface area contributed by atoms with Gasteiger partial charge in [0.1, 0.15) is 6.04 Å². The summed E-state index contributed by atoms with van der Waals surface area (Å²) in [5.74, 6) is -0.0531. The molecule has 0 aliphatic carbocycles. The summed E-state index contributed by atoms with van der Waals surface area (Å²) in [6.07, 6.45) is 5.25. The van der Waals surface area contributed by atoms with Crippen LogP contribution in [0.15, 0.2) is 0 Å². The van der Waals surface area contributed by atoms with Crippen LogP contribution in [0.4, 0.5) is 0 Å². The standard InChI is InChI=1S/C13H26N2O2/c1-3-11(8-9-14)15-10-6-5-7-12(15)13(16)17-4-2/h11-12H,3-10,14H2,1-2H3. The summed E-state index contributed by atoms with van der Waals surface area (Å²) in [7, 11) is 0. The quantitative estimate of drug-likeness (QED) is 0.718. The first-order valence-corrected chi connectivity index (χ1v) is 6.87. The summed E-state index contributed by atoms with van der Waals surface area (Å²) in [5.41, 5.74) is 5.65. The van der Waals surface area contributed by atoms with Crippen molar-refractivity contribution in [2.45, 2.75) is 58.0 Å². The molecule has 0 bridgehead atoms. The highest BCUT2D eigenvalue weighted by Gasteiger charge is 2.33. The molecule has 1 aliphatic rings. The Morgan fingerprint density at radius 1 is 1.47 bits per heavy atom. The number of carbonyl (C=O) groups is 1. The van der Waals surface area contributed by atoms with Crippen molar-refractivity contribution >= 4 is 5.97 Å². The second-order valence-electron chi connectivity index (χ2n) is 4.64. The molecule has 0 amide bonds. The molecule has 100 valence electrons. The van der Waals surface area contributed by atoms with Crippen LogP contribution in [0.2, 0.25) is 0 Å². The van der Waals surface area contributed by atoms with Crippen molar-refractivity contribution in [3.05, 3.63) is 0 Å². The fraction of sp³-hybridized carbons (Fsp3) is 0.923. The topological polar surface area (TPSA) is 55.6 Å². The van der Waals surface area contributed by atoms with E-state index < -0.39 is 0 Å². The van der Waals surface area contributed by atoms with Crippen molar-refractivity contribution in [1.29, 1.82) is 0 Å². The number of piperidine rings is 1. The number of nitrogens with two attached hydrogens (primary N) is 1. The number of nitrogens with zero attached hydrogens (tertiary/aromatic N) is 1. The van der Waals surface area contributed by atoms with Crippen LogP contribution in [0.5, 0.6) is 0 Å². The Bertz CT molecular complexity index is 233. The van der Waals surface area contributed by atoms with Gasteiger partial charge in [0.25, 0.3) is 0 Å². The Morgan fingerprint density at radius 2 is 2.24 bits per heavy atom. The van der Waals surface area contributed by atoms with Gasteiger partial charge < -0.3 is 10.5 Å². The van der Waals surface area contributed by atoms with Gasteiger partial charge >= 0.3 is 5.97 Å². The molecule has 0 aromatic heterocycles. The molecule has 4 heteroatoms. The van der Waals surface area contributed by atoms with Gasteiger partial charge in [-0.2, -0.15) is 0 Å². The number of carbonyl (C=O) groups excluding carboxylic acids is 1. The fourth-order valence-electron chi connectivity index (χ4n) is 2.68. The van der Waals surface area contributed by atoms with E-state index in [1.54, 1.807) is 0 Å². The molecular weight excluding hydrogens is 216 g/mol. The van der Waals surface area contributed by atoms with E-state index >= 15 is 0 Å². The van der Waals surface area contributed by atoms with Gasteiger partial charge in [0, 0.05) is 6.04 Å². The van der Waals surface area contributed by atoms with Gasteiger partial charge in [-0.15, -0.1) is 0 Å². The third-order valence-corrected chi connectivity index (χ3v) is 3.54. The molecule has 0 radical (unpaired) electrons. The zero-order chi connectivity index (χ0) is 12.7. The number of ether oxygens (including phenoxy) is 1. The van der Waals surface area contributed by atoms with Gasteiger partial charge in [-0.05, 0) is 45.7 Å². The molecule has 0 spiro atoms. The Labute approximate surface area is 104 Å². The van der Waals surface area contributed by atoms with Crippen molar-refractivity contribution in [2.24, 2.45) is 5.73 Å². The normalized spacial score (nSPS) is 23.4. The summed E-state index contributed by atoms with van der Waals surface area (Å²) in [6, 6.07) is 0.384. The number of rotatable bonds is 6. The minimum Gasteiger partial charge on any atom is -0.465 e. The summed E-state index contributed by atoms with van der Waals surface area (Å²) in [5, 5.41) is 0. The minimum absolute atomic E-state index is 0.0415. The van der Waals surface area contributed by atoms with Gasteiger partial charge in [0.2, 0.25) is 0 Å². The van der Waals surface area contributed by atoms with Crippen LogP contribution in [0.25, 0.3) is 0 Å². The molecule has 1 fully saturated rings. The Hall–Kier alpha value is -0.610. The summed E-state index contributed by atoms with van der Waals surface area (Å²) in [4.78, 5) is 14.3. The summed E-state index contributed by atoms with van der Waals surface area (Å²) < 4.78 is 5.17. The van der Waals surface area contributed by atoms with Crippen LogP contribution in [0.1, 0.15) is 46.0 Å². The van der Waals surface area contributed by atoms with Gasteiger partial charge in [0.15, 0.2) is 0 Å². The second kappa shape index (κ2) is 7.67. The Balaban J connectivity index is 2.66. The van der Waals surface area contributed by atoms with Crippen molar-refractivity contribution in [3.63, 3.8) is 0 Å². The predicted molar refractivity (Wildman–Crippen MR) is 68.7 cm³/mol. The van der Waals surface area contributed by atoms with E-state index in [1.165, 1.54) is 6.42 Å². The van der Waals surface area contributed by atoms with Crippen LogP contribution in [0, 0.1) is 0 Å². The molecule has 1 rings (SSSR count). The van der Waals surface area contributed by atoms with Crippen molar-refractivity contribution in [3.8, 4) is 0 Å². The van der Waals surface area contributed by atoms with E-state index in [9.17, 15) is 4.79 Å². The van der Waals surface area contributed by atoms with E-state index in [0.717, 1.165) is 32.2 Å². The first-order valence-electron chi connectivity index (χ1n) is 6.87. The Morgan fingerprint density at radius 3 is 2.82 bits per heavy atom. The van der Waals surface area contributed by atoms with Crippen LogP contribution in [-0.2, 0) is 9.53 Å². The predicted octanol–water partition coefficient (Wildman–Crippen LogP) is 1.53. The molecule has 1 saturated heterocycles. The first kappa shape index (κ1) is 14.5. The smallest absolute Gasteiger partial charge is 0.323 e. The van der Waals surface area contributed by atoms with Crippen molar-refractivity contribution < 1.29 is 9.53 Å². The fourth-order valence-corrected chi connectivity index (χ4v) is 2.68. The average molecular weight is 242 g/mol. The van der Waals surface area contributed by atoms with E-state index in [1.807, 2.05) is 6.92 Å². The SMILES string of the molecule is CCOC(=O)C1CCCCN1C(CC)CCN. The molecule has 1 heterocycles. The van der Waals surface area contributed by atoms with Crippen LogP contribution in [0.3, 0.4) is 0 Å². The highest BCUT2D eigenvalue weighted by Crippen LogP contribution is 2.23. The lowest BCUT2D eigenvalue weighted by Gasteiger charge is -2.39. The molecular formula is C13H26N2O2. The number of hydrogen-bond donors (Lipinski definition) is 1. The lowest BCUT2D eigenvalue weighted by atomic mass is 9.97. The summed E-state index contributed by atoms with van der Waals surface area (Å²) >= 11 is 0. The zero-order valence-electron chi connectivity index (χ0n) is 11.2. The second-order valence-corrected chi connectivity index (χ2v) is 4.64. The molecule has 0 aromatic carbocycles. The molecule has 4 nitrogen and oxygen atoms in total. The highest BCUT2D eigenvalue weighted by atomic mass is 16.5. The largest absolute Gasteiger partial charge is 0.465 e. The van der Waals surface area contributed by atoms with Crippen LogP contribution in [-0.4, -0.2) is 42.6 Å². The van der Waals surface area contributed by atoms with Gasteiger partial charge in [0.05, 0.1) is 6.61 Å². The first-order chi connectivity index (χ1) is 8.24.